The van der Waals surface area contributed by atoms with Crippen molar-refractivity contribution in [2.45, 2.75) is 6.92 Å². The van der Waals surface area contributed by atoms with E-state index in [1.54, 1.807) is 6.92 Å². The molecule has 0 bridgehead atoms. The number of nitrogens with zero attached hydrogens (tertiary/aromatic N) is 3. The number of hydrogen-bond acceptors (Lipinski definition) is 4. The molecule has 1 aromatic rings. The molecule has 5 heteroatoms. The van der Waals surface area contributed by atoms with E-state index in [1.807, 2.05) is 6.07 Å². The monoisotopic (exact) mass is 168 g/mol. The lowest BCUT2D eigenvalue weighted by molar-refractivity contribution is 1.09. The molecule has 1 aromatic heterocycles. The van der Waals surface area contributed by atoms with Gasteiger partial charge in [0.2, 0.25) is 5.28 Å². The maximum atomic E-state index is 8.49. The van der Waals surface area contributed by atoms with E-state index in [9.17, 15) is 0 Å². The van der Waals surface area contributed by atoms with Crippen LogP contribution >= 0.6 is 11.6 Å². The highest BCUT2D eigenvalue weighted by Crippen LogP contribution is 2.13. The molecule has 0 aliphatic rings. The standard InChI is InChI=1S/C6H5ClN4/c1-3-5(9)4(2-8)11-6(7)10-3/h9H2,1H3. The van der Waals surface area contributed by atoms with Crippen LogP contribution in [0.15, 0.2) is 0 Å². The van der Waals surface area contributed by atoms with Gasteiger partial charge >= 0.3 is 0 Å². The molecule has 56 valence electrons. The molecule has 0 aliphatic heterocycles. The van der Waals surface area contributed by atoms with Crippen molar-refractivity contribution in [1.82, 2.24) is 9.97 Å². The SMILES string of the molecule is Cc1nc(Cl)nc(C#N)c1N. The molecule has 0 saturated heterocycles. The zero-order valence-corrected chi connectivity index (χ0v) is 6.55. The lowest BCUT2D eigenvalue weighted by Gasteiger charge is -1.99. The van der Waals surface area contributed by atoms with E-state index in [0.29, 0.717) is 5.69 Å². The molecule has 1 heterocycles. The third-order valence-corrected chi connectivity index (χ3v) is 1.38. The predicted octanol–water partition coefficient (Wildman–Crippen LogP) is 0.892. The zero-order chi connectivity index (χ0) is 8.43. The minimum absolute atomic E-state index is 0.0493. The predicted molar refractivity (Wildman–Crippen MR) is 40.9 cm³/mol. The minimum atomic E-state index is 0.0493. The lowest BCUT2D eigenvalue weighted by Crippen LogP contribution is -2.00. The molecule has 0 fully saturated rings. The average Bonchev–Trinajstić information content (AvgIpc) is 1.96. The van der Waals surface area contributed by atoms with Crippen molar-refractivity contribution < 1.29 is 0 Å². The summed E-state index contributed by atoms with van der Waals surface area (Å²) in [6.07, 6.45) is 0. The molecule has 0 atom stereocenters. The number of aryl methyl sites for hydroxylation is 1. The van der Waals surface area contributed by atoms with Crippen LogP contribution in [0.2, 0.25) is 5.28 Å². The van der Waals surface area contributed by atoms with Gasteiger partial charge in [-0.25, -0.2) is 9.97 Å². The number of hydrogen-bond donors (Lipinski definition) is 1. The number of nitrogen functional groups attached to an aromatic ring is 1. The third kappa shape index (κ3) is 1.38. The van der Waals surface area contributed by atoms with Crippen LogP contribution in [0.3, 0.4) is 0 Å². The summed E-state index contributed by atoms with van der Waals surface area (Å²) in [5.41, 5.74) is 6.40. The summed E-state index contributed by atoms with van der Waals surface area (Å²) in [5, 5.41) is 8.54. The van der Waals surface area contributed by atoms with E-state index in [4.69, 9.17) is 22.6 Å². The van der Waals surface area contributed by atoms with Gasteiger partial charge in [-0.1, -0.05) is 0 Å². The largest absolute Gasteiger partial charge is 0.395 e. The zero-order valence-electron chi connectivity index (χ0n) is 5.80. The van der Waals surface area contributed by atoms with Crippen LogP contribution in [0.5, 0.6) is 0 Å². The summed E-state index contributed by atoms with van der Waals surface area (Å²) in [7, 11) is 0. The van der Waals surface area contributed by atoms with Gasteiger partial charge in [0, 0.05) is 0 Å². The van der Waals surface area contributed by atoms with E-state index in [1.165, 1.54) is 0 Å². The van der Waals surface area contributed by atoms with E-state index >= 15 is 0 Å². The van der Waals surface area contributed by atoms with Gasteiger partial charge in [0.1, 0.15) is 6.07 Å². The fourth-order valence-electron chi connectivity index (χ4n) is 0.633. The summed E-state index contributed by atoms with van der Waals surface area (Å²) in [6, 6.07) is 1.82. The molecule has 0 aromatic carbocycles. The highest BCUT2D eigenvalue weighted by Gasteiger charge is 2.05. The van der Waals surface area contributed by atoms with Gasteiger partial charge in [-0.15, -0.1) is 0 Å². The molecule has 0 unspecified atom stereocenters. The van der Waals surface area contributed by atoms with Crippen molar-refractivity contribution in [2.24, 2.45) is 0 Å². The van der Waals surface area contributed by atoms with Crippen molar-refractivity contribution in [2.75, 3.05) is 5.73 Å². The molecule has 0 saturated carbocycles. The van der Waals surface area contributed by atoms with E-state index < -0.39 is 0 Å². The first-order valence-electron chi connectivity index (χ1n) is 2.85. The average molecular weight is 169 g/mol. The molecule has 1 rings (SSSR count). The highest BCUT2D eigenvalue weighted by molar-refractivity contribution is 6.28. The second-order valence-corrected chi connectivity index (χ2v) is 2.29. The van der Waals surface area contributed by atoms with Crippen molar-refractivity contribution in [3.05, 3.63) is 16.7 Å². The van der Waals surface area contributed by atoms with Crippen molar-refractivity contribution in [3.8, 4) is 6.07 Å². The Labute approximate surface area is 68.6 Å². The molecule has 0 spiro atoms. The fraction of sp³-hybridized carbons (Fsp3) is 0.167. The van der Waals surface area contributed by atoms with Crippen molar-refractivity contribution in [1.29, 1.82) is 5.26 Å². The molecule has 11 heavy (non-hydrogen) atoms. The van der Waals surface area contributed by atoms with Crippen LogP contribution in [-0.4, -0.2) is 9.97 Å². The Balaban J connectivity index is 3.39. The third-order valence-electron chi connectivity index (χ3n) is 1.21. The smallest absolute Gasteiger partial charge is 0.223 e. The van der Waals surface area contributed by atoms with Gasteiger partial charge < -0.3 is 5.73 Å². The Morgan fingerprint density at radius 2 is 2.18 bits per heavy atom. The van der Waals surface area contributed by atoms with Gasteiger partial charge in [-0.05, 0) is 18.5 Å². The van der Waals surface area contributed by atoms with Crippen LogP contribution in [0, 0.1) is 18.3 Å². The molecular weight excluding hydrogens is 164 g/mol. The Hall–Kier alpha value is -1.34. The van der Waals surface area contributed by atoms with Crippen LogP contribution < -0.4 is 5.73 Å². The number of aromatic nitrogens is 2. The topological polar surface area (TPSA) is 75.6 Å². The molecule has 0 amide bonds. The molecule has 4 nitrogen and oxygen atoms in total. The first-order chi connectivity index (χ1) is 5.15. The summed E-state index contributed by atoms with van der Waals surface area (Å²) >= 11 is 5.47. The van der Waals surface area contributed by atoms with Crippen LogP contribution in [0.4, 0.5) is 5.69 Å². The van der Waals surface area contributed by atoms with Gasteiger partial charge in [-0.2, -0.15) is 5.26 Å². The second-order valence-electron chi connectivity index (χ2n) is 1.95. The number of anilines is 1. The summed E-state index contributed by atoms with van der Waals surface area (Å²) < 4.78 is 0. The maximum absolute atomic E-state index is 8.49. The summed E-state index contributed by atoms with van der Waals surface area (Å²) in [5.74, 6) is 0. The molecule has 0 radical (unpaired) electrons. The summed E-state index contributed by atoms with van der Waals surface area (Å²) in [4.78, 5) is 7.38. The molecule has 2 N–H and O–H groups in total. The number of halogens is 1. The molecular formula is C6H5ClN4. The lowest BCUT2D eigenvalue weighted by atomic mass is 10.3. The maximum Gasteiger partial charge on any atom is 0.223 e. The Morgan fingerprint density at radius 3 is 2.73 bits per heavy atom. The first-order valence-corrected chi connectivity index (χ1v) is 3.22. The van der Waals surface area contributed by atoms with Crippen LogP contribution in [0.1, 0.15) is 11.4 Å². The Bertz CT molecular complexity index is 328. The number of nitriles is 1. The van der Waals surface area contributed by atoms with E-state index in [2.05, 4.69) is 9.97 Å². The van der Waals surface area contributed by atoms with Crippen molar-refractivity contribution in [3.63, 3.8) is 0 Å². The quantitative estimate of drug-likeness (QED) is 0.584. The normalized spacial score (nSPS) is 9.18. The van der Waals surface area contributed by atoms with Crippen molar-refractivity contribution >= 4 is 17.3 Å². The fourth-order valence-corrected chi connectivity index (χ4v) is 0.844. The van der Waals surface area contributed by atoms with E-state index in [-0.39, 0.29) is 16.7 Å². The number of rotatable bonds is 0. The first kappa shape index (κ1) is 7.76. The Morgan fingerprint density at radius 1 is 1.55 bits per heavy atom. The molecule has 0 aliphatic carbocycles. The van der Waals surface area contributed by atoms with Crippen LogP contribution in [0.25, 0.3) is 0 Å². The summed E-state index contributed by atoms with van der Waals surface area (Å²) in [6.45, 7) is 1.67. The van der Waals surface area contributed by atoms with E-state index in [0.717, 1.165) is 0 Å². The van der Waals surface area contributed by atoms with Gasteiger partial charge in [0.05, 0.1) is 11.4 Å². The van der Waals surface area contributed by atoms with Gasteiger partial charge in [0.25, 0.3) is 0 Å². The van der Waals surface area contributed by atoms with Gasteiger partial charge in [-0.3, -0.25) is 0 Å². The Kier molecular flexibility index (Phi) is 1.92. The van der Waals surface area contributed by atoms with Crippen LogP contribution in [-0.2, 0) is 0 Å². The number of nitrogens with two attached hydrogens (primary N) is 1. The highest BCUT2D eigenvalue weighted by atomic mass is 35.5. The van der Waals surface area contributed by atoms with Gasteiger partial charge in [0.15, 0.2) is 5.69 Å². The second kappa shape index (κ2) is 2.72. The minimum Gasteiger partial charge on any atom is -0.395 e.